The van der Waals surface area contributed by atoms with Gasteiger partial charge in [-0.1, -0.05) is 49.6 Å². The van der Waals surface area contributed by atoms with Gasteiger partial charge in [0.05, 0.1) is 0 Å². The highest BCUT2D eigenvalue weighted by atomic mass is 16.6. The summed E-state index contributed by atoms with van der Waals surface area (Å²) in [5, 5.41) is 2.87. The maximum absolute atomic E-state index is 12.4. The molecule has 6 nitrogen and oxygen atoms in total. The third-order valence-electron chi connectivity index (χ3n) is 5.48. The summed E-state index contributed by atoms with van der Waals surface area (Å²) in [7, 11) is 0. The van der Waals surface area contributed by atoms with Crippen LogP contribution in [0.1, 0.15) is 54.9 Å². The van der Waals surface area contributed by atoms with E-state index in [9.17, 15) is 14.4 Å². The number of ketones is 1. The van der Waals surface area contributed by atoms with E-state index in [-0.39, 0.29) is 18.3 Å². The van der Waals surface area contributed by atoms with Crippen LogP contribution in [-0.2, 0) is 14.3 Å². The lowest BCUT2D eigenvalue weighted by Crippen LogP contribution is -2.39. The molecule has 0 aromatic heterocycles. The van der Waals surface area contributed by atoms with Crippen molar-refractivity contribution < 1.29 is 23.9 Å². The summed E-state index contributed by atoms with van der Waals surface area (Å²) in [4.78, 5) is 36.6. The summed E-state index contributed by atoms with van der Waals surface area (Å²) in [5.74, 6) is -0.0382. The number of carbonyl (C=O) groups is 3. The lowest BCUT2D eigenvalue weighted by atomic mass is 9.89. The Morgan fingerprint density at radius 3 is 2.26 bits per heavy atom. The quantitative estimate of drug-likeness (QED) is 0.488. The molecule has 0 saturated heterocycles. The molecule has 1 N–H and O–H groups in total. The average Bonchev–Trinajstić information content (AvgIpc) is 2.82. The molecule has 0 aliphatic heterocycles. The first-order valence-electron chi connectivity index (χ1n) is 10.8. The molecule has 0 radical (unpaired) electrons. The van der Waals surface area contributed by atoms with E-state index >= 15 is 0 Å². The molecule has 1 amide bonds. The molecule has 1 aliphatic carbocycles. The smallest absolute Gasteiger partial charge is 0.344 e. The molecular weight excluding hydrogens is 394 g/mol. The predicted octanol–water partition coefficient (Wildman–Crippen LogP) is 3.92. The highest BCUT2D eigenvalue weighted by Crippen LogP contribution is 2.22. The maximum Gasteiger partial charge on any atom is 0.344 e. The van der Waals surface area contributed by atoms with Gasteiger partial charge in [0, 0.05) is 17.7 Å². The Hall–Kier alpha value is -3.15. The molecule has 2 aromatic rings. The van der Waals surface area contributed by atoms with Crippen molar-refractivity contribution in [1.82, 2.24) is 5.32 Å². The molecule has 0 heterocycles. The fourth-order valence-corrected chi connectivity index (χ4v) is 3.67. The number of carbonyl (C=O) groups excluding carboxylic acids is 3. The summed E-state index contributed by atoms with van der Waals surface area (Å²) in [6.07, 6.45) is 5.10. The number of ether oxygens (including phenoxy) is 2. The topological polar surface area (TPSA) is 81.7 Å². The van der Waals surface area contributed by atoms with Crippen LogP contribution in [0.5, 0.6) is 5.75 Å². The average molecular weight is 424 g/mol. The minimum Gasteiger partial charge on any atom is -0.482 e. The van der Waals surface area contributed by atoms with Gasteiger partial charge < -0.3 is 14.8 Å². The Kier molecular flexibility index (Phi) is 8.21. The number of rotatable bonds is 9. The Bertz CT molecular complexity index is 873. The van der Waals surface area contributed by atoms with Crippen LogP contribution in [-0.4, -0.2) is 36.9 Å². The fraction of sp³-hybridized carbons (Fsp3) is 0.400. The first-order valence-corrected chi connectivity index (χ1v) is 10.8. The Morgan fingerprint density at radius 1 is 0.935 bits per heavy atom. The van der Waals surface area contributed by atoms with E-state index in [0.717, 1.165) is 12.8 Å². The van der Waals surface area contributed by atoms with Crippen molar-refractivity contribution in [3.05, 3.63) is 65.7 Å². The summed E-state index contributed by atoms with van der Waals surface area (Å²) < 4.78 is 10.6. The molecule has 3 rings (SSSR count). The third-order valence-corrected chi connectivity index (χ3v) is 5.48. The van der Waals surface area contributed by atoms with Crippen molar-refractivity contribution in [2.75, 3.05) is 13.2 Å². The lowest BCUT2D eigenvalue weighted by Gasteiger charge is -2.22. The van der Waals surface area contributed by atoms with Gasteiger partial charge in [0.1, 0.15) is 5.75 Å². The van der Waals surface area contributed by atoms with Crippen molar-refractivity contribution in [2.45, 2.75) is 45.1 Å². The molecular formula is C25H29NO5. The van der Waals surface area contributed by atoms with Gasteiger partial charge in [-0.2, -0.15) is 0 Å². The van der Waals surface area contributed by atoms with Crippen LogP contribution >= 0.6 is 0 Å². The van der Waals surface area contributed by atoms with Crippen molar-refractivity contribution in [1.29, 1.82) is 0 Å². The van der Waals surface area contributed by atoms with Crippen LogP contribution in [0.3, 0.4) is 0 Å². The molecule has 1 fully saturated rings. The minimum atomic E-state index is -0.870. The second-order valence-corrected chi connectivity index (χ2v) is 7.89. The van der Waals surface area contributed by atoms with Gasteiger partial charge in [-0.3, -0.25) is 9.59 Å². The number of hydrogen-bond acceptors (Lipinski definition) is 5. The van der Waals surface area contributed by atoms with Crippen LogP contribution < -0.4 is 10.1 Å². The minimum absolute atomic E-state index is 0.0837. The van der Waals surface area contributed by atoms with Gasteiger partial charge in [-0.05, 0) is 49.9 Å². The molecule has 1 atom stereocenters. The SMILES string of the molecule is C[C@@H](OC(=O)COc1ccc(C(=O)c2ccccc2)cc1)C(=O)NCC1CCCCC1. The monoisotopic (exact) mass is 423 g/mol. The zero-order valence-electron chi connectivity index (χ0n) is 17.8. The molecule has 6 heteroatoms. The van der Waals surface area contributed by atoms with Gasteiger partial charge in [-0.25, -0.2) is 4.79 Å². The van der Waals surface area contributed by atoms with Gasteiger partial charge in [0.2, 0.25) is 0 Å². The summed E-state index contributed by atoms with van der Waals surface area (Å²) in [6.45, 7) is 1.87. The molecule has 1 saturated carbocycles. The zero-order chi connectivity index (χ0) is 22.1. The molecule has 0 unspecified atom stereocenters. The maximum atomic E-state index is 12.4. The van der Waals surface area contributed by atoms with Gasteiger partial charge in [0.25, 0.3) is 5.91 Å². The number of esters is 1. The van der Waals surface area contributed by atoms with E-state index in [4.69, 9.17) is 9.47 Å². The van der Waals surface area contributed by atoms with Gasteiger partial charge in [0.15, 0.2) is 18.5 Å². The fourth-order valence-electron chi connectivity index (χ4n) is 3.67. The first-order chi connectivity index (χ1) is 15.0. The summed E-state index contributed by atoms with van der Waals surface area (Å²) in [6, 6.07) is 15.6. The van der Waals surface area contributed by atoms with E-state index < -0.39 is 12.1 Å². The standard InChI is InChI=1S/C25H29NO5/c1-18(25(29)26-16-19-8-4-2-5-9-19)31-23(27)17-30-22-14-12-21(13-15-22)24(28)20-10-6-3-7-11-20/h3,6-7,10-15,18-19H,2,4-5,8-9,16-17H2,1H3,(H,26,29)/t18-/m1/s1. The molecule has 1 aliphatic rings. The first kappa shape index (κ1) is 22.5. The molecule has 2 aromatic carbocycles. The van der Waals surface area contributed by atoms with E-state index in [1.807, 2.05) is 18.2 Å². The Morgan fingerprint density at radius 2 is 1.58 bits per heavy atom. The normalized spacial score (nSPS) is 15.0. The second kappa shape index (κ2) is 11.3. The van der Waals surface area contributed by atoms with Crippen LogP contribution in [0, 0.1) is 5.92 Å². The van der Waals surface area contributed by atoms with Crippen molar-refractivity contribution in [3.63, 3.8) is 0 Å². The van der Waals surface area contributed by atoms with Crippen LogP contribution in [0.25, 0.3) is 0 Å². The summed E-state index contributed by atoms with van der Waals surface area (Å²) >= 11 is 0. The van der Waals surface area contributed by atoms with Gasteiger partial charge in [-0.15, -0.1) is 0 Å². The second-order valence-electron chi connectivity index (χ2n) is 7.89. The highest BCUT2D eigenvalue weighted by Gasteiger charge is 2.20. The molecule has 31 heavy (non-hydrogen) atoms. The number of amides is 1. The van der Waals surface area contributed by atoms with Crippen LogP contribution in [0.4, 0.5) is 0 Å². The lowest BCUT2D eigenvalue weighted by molar-refractivity contribution is -0.156. The van der Waals surface area contributed by atoms with E-state index in [0.29, 0.717) is 29.3 Å². The third kappa shape index (κ3) is 6.95. The molecule has 0 bridgehead atoms. The van der Waals surface area contributed by atoms with E-state index in [2.05, 4.69) is 5.32 Å². The molecule has 164 valence electrons. The van der Waals surface area contributed by atoms with Crippen LogP contribution in [0.15, 0.2) is 54.6 Å². The van der Waals surface area contributed by atoms with Crippen molar-refractivity contribution >= 4 is 17.7 Å². The Balaban J connectivity index is 1.40. The van der Waals surface area contributed by atoms with E-state index in [1.165, 1.54) is 19.3 Å². The largest absolute Gasteiger partial charge is 0.482 e. The zero-order valence-corrected chi connectivity index (χ0v) is 17.8. The highest BCUT2D eigenvalue weighted by molar-refractivity contribution is 6.08. The number of nitrogens with one attached hydrogen (secondary N) is 1. The van der Waals surface area contributed by atoms with Crippen molar-refractivity contribution in [3.8, 4) is 5.75 Å². The number of benzene rings is 2. The number of hydrogen-bond donors (Lipinski definition) is 1. The molecule has 0 spiro atoms. The van der Waals surface area contributed by atoms with Crippen molar-refractivity contribution in [2.24, 2.45) is 5.92 Å². The Labute approximate surface area is 182 Å². The predicted molar refractivity (Wildman–Crippen MR) is 117 cm³/mol. The van der Waals surface area contributed by atoms with Gasteiger partial charge >= 0.3 is 5.97 Å². The van der Waals surface area contributed by atoms with Crippen LogP contribution in [0.2, 0.25) is 0 Å². The van der Waals surface area contributed by atoms with E-state index in [1.54, 1.807) is 43.3 Å². The summed E-state index contributed by atoms with van der Waals surface area (Å²) in [5.41, 5.74) is 1.14.